The van der Waals surface area contributed by atoms with Gasteiger partial charge < -0.3 is 20.1 Å². The molecule has 3 atom stereocenters. The summed E-state index contributed by atoms with van der Waals surface area (Å²) in [6.45, 7) is 6.45. The zero-order valence-corrected chi connectivity index (χ0v) is 17.8. The lowest BCUT2D eigenvalue weighted by molar-refractivity contribution is -0.0273. The molecule has 0 heterocycles. The highest BCUT2D eigenvalue weighted by Crippen LogP contribution is 2.25. The van der Waals surface area contributed by atoms with Gasteiger partial charge in [-0.05, 0) is 30.9 Å². The topological polar surface area (TPSA) is 69.9 Å². The summed E-state index contributed by atoms with van der Waals surface area (Å²) in [6.07, 6.45) is 5.12. The quantitative estimate of drug-likeness (QED) is 0.402. The van der Waals surface area contributed by atoms with Crippen LogP contribution in [0.1, 0.15) is 43.7 Å². The molecular formula is C26H34O4. The number of ether oxygens (including phenoxy) is 1. The summed E-state index contributed by atoms with van der Waals surface area (Å²) in [5.74, 6) is -0.213. The highest BCUT2D eigenvalue weighted by molar-refractivity contribution is 5.59. The summed E-state index contributed by atoms with van der Waals surface area (Å²) in [6, 6.07) is 17.0. The van der Waals surface area contributed by atoms with Crippen molar-refractivity contribution in [1.29, 1.82) is 0 Å². The molecule has 0 aliphatic rings. The van der Waals surface area contributed by atoms with E-state index in [4.69, 9.17) is 4.74 Å². The minimum absolute atomic E-state index is 0.137. The fraction of sp³-hybridized carbons (Fsp3) is 0.385. The number of hydrogen-bond acceptors (Lipinski definition) is 4. The third-order valence-electron chi connectivity index (χ3n) is 5.19. The van der Waals surface area contributed by atoms with Gasteiger partial charge in [0.2, 0.25) is 0 Å². The number of allylic oxidation sites excluding steroid dienone is 1. The zero-order valence-electron chi connectivity index (χ0n) is 17.8. The molecule has 2 aromatic rings. The molecule has 0 saturated heterocycles. The van der Waals surface area contributed by atoms with Crippen molar-refractivity contribution in [3.63, 3.8) is 0 Å². The number of benzene rings is 2. The van der Waals surface area contributed by atoms with E-state index in [1.54, 1.807) is 18.2 Å². The van der Waals surface area contributed by atoms with Crippen molar-refractivity contribution in [2.24, 2.45) is 5.92 Å². The second-order valence-corrected chi connectivity index (χ2v) is 7.60. The molecule has 162 valence electrons. The monoisotopic (exact) mass is 410 g/mol. The van der Waals surface area contributed by atoms with Gasteiger partial charge in [-0.25, -0.2) is 0 Å². The summed E-state index contributed by atoms with van der Waals surface area (Å²) < 4.78 is 5.62. The number of aliphatic hydroxyl groups excluding tert-OH is 2. The van der Waals surface area contributed by atoms with Crippen LogP contribution in [0.5, 0.6) is 5.75 Å². The van der Waals surface area contributed by atoms with Gasteiger partial charge in [-0.1, -0.05) is 79.6 Å². The average molecular weight is 411 g/mol. The van der Waals surface area contributed by atoms with E-state index in [-0.39, 0.29) is 12.4 Å². The maximum Gasteiger partial charge on any atom is 0.122 e. The molecule has 2 rings (SSSR count). The number of aliphatic hydroxyl groups is 2. The van der Waals surface area contributed by atoms with Crippen molar-refractivity contribution in [3.05, 3.63) is 84.0 Å². The minimum atomic E-state index is -0.821. The van der Waals surface area contributed by atoms with Gasteiger partial charge in [0.1, 0.15) is 5.75 Å². The number of phenols is 1. The van der Waals surface area contributed by atoms with Crippen molar-refractivity contribution in [2.75, 3.05) is 6.61 Å². The van der Waals surface area contributed by atoms with Crippen molar-refractivity contribution < 1.29 is 20.1 Å². The standard InChI is InChI=1S/C26H34O4/c1-3-10-20(17-22-13-8-9-14-24(22)27)15-16-25(28)23(4-2)26(29)19-30-18-21-11-6-5-7-12-21/h4-9,11-14,17,23,25-29H,2-3,10,15-16,18-19H2,1H3/b20-17+/t23-,25-,26-/m1/s1. The van der Waals surface area contributed by atoms with E-state index in [9.17, 15) is 15.3 Å². The van der Waals surface area contributed by atoms with Crippen LogP contribution < -0.4 is 0 Å². The molecule has 0 aliphatic carbocycles. The third kappa shape index (κ3) is 7.79. The van der Waals surface area contributed by atoms with Crippen molar-refractivity contribution >= 4 is 6.08 Å². The molecule has 0 aliphatic heterocycles. The first-order valence-corrected chi connectivity index (χ1v) is 10.6. The minimum Gasteiger partial charge on any atom is -0.507 e. The smallest absolute Gasteiger partial charge is 0.122 e. The molecule has 4 nitrogen and oxygen atoms in total. The fourth-order valence-electron chi connectivity index (χ4n) is 3.50. The van der Waals surface area contributed by atoms with E-state index < -0.39 is 18.1 Å². The lowest BCUT2D eigenvalue weighted by Gasteiger charge is -2.25. The molecule has 3 N–H and O–H groups in total. The first-order valence-electron chi connectivity index (χ1n) is 10.6. The molecule has 0 unspecified atom stereocenters. The van der Waals surface area contributed by atoms with E-state index in [0.29, 0.717) is 19.4 Å². The Bertz CT molecular complexity index is 785. The van der Waals surface area contributed by atoms with Crippen molar-refractivity contribution in [2.45, 2.75) is 51.4 Å². The van der Waals surface area contributed by atoms with Crippen LogP contribution in [0.2, 0.25) is 0 Å². The highest BCUT2D eigenvalue weighted by atomic mass is 16.5. The maximum atomic E-state index is 10.7. The molecule has 2 aromatic carbocycles. The number of hydrogen-bond donors (Lipinski definition) is 3. The Morgan fingerprint density at radius 2 is 1.70 bits per heavy atom. The Morgan fingerprint density at radius 3 is 2.37 bits per heavy atom. The Labute approximate surface area is 180 Å². The van der Waals surface area contributed by atoms with Crippen LogP contribution in [-0.4, -0.2) is 34.1 Å². The van der Waals surface area contributed by atoms with Gasteiger partial charge in [-0.15, -0.1) is 6.58 Å². The van der Waals surface area contributed by atoms with Crippen LogP contribution in [0.15, 0.2) is 72.8 Å². The summed E-state index contributed by atoms with van der Waals surface area (Å²) >= 11 is 0. The molecule has 0 saturated carbocycles. The maximum absolute atomic E-state index is 10.7. The molecule has 30 heavy (non-hydrogen) atoms. The van der Waals surface area contributed by atoms with E-state index in [2.05, 4.69) is 13.5 Å². The van der Waals surface area contributed by atoms with Crippen LogP contribution >= 0.6 is 0 Å². The number of rotatable bonds is 13. The normalized spacial score (nSPS) is 14.8. The summed E-state index contributed by atoms with van der Waals surface area (Å²) in [7, 11) is 0. The van der Waals surface area contributed by atoms with Gasteiger partial charge in [-0.2, -0.15) is 0 Å². The van der Waals surface area contributed by atoms with Crippen LogP contribution in [0.25, 0.3) is 6.08 Å². The second-order valence-electron chi connectivity index (χ2n) is 7.60. The van der Waals surface area contributed by atoms with Crippen LogP contribution in [0.4, 0.5) is 0 Å². The van der Waals surface area contributed by atoms with Gasteiger partial charge in [0, 0.05) is 11.5 Å². The zero-order chi connectivity index (χ0) is 21.8. The van der Waals surface area contributed by atoms with E-state index >= 15 is 0 Å². The van der Waals surface area contributed by atoms with Crippen LogP contribution in [0, 0.1) is 5.92 Å². The molecule has 0 aromatic heterocycles. The predicted octanol–water partition coefficient (Wildman–Crippen LogP) is 5.10. The summed E-state index contributed by atoms with van der Waals surface area (Å²) in [5, 5.41) is 31.2. The van der Waals surface area contributed by atoms with E-state index in [1.807, 2.05) is 48.5 Å². The Kier molecular flexibility index (Phi) is 10.4. The van der Waals surface area contributed by atoms with Gasteiger partial charge >= 0.3 is 0 Å². The molecule has 0 spiro atoms. The molecule has 4 heteroatoms. The average Bonchev–Trinajstić information content (AvgIpc) is 2.75. The predicted molar refractivity (Wildman–Crippen MR) is 122 cm³/mol. The van der Waals surface area contributed by atoms with E-state index in [1.165, 1.54) is 0 Å². The van der Waals surface area contributed by atoms with Crippen molar-refractivity contribution in [1.82, 2.24) is 0 Å². The van der Waals surface area contributed by atoms with Crippen LogP contribution in [0.3, 0.4) is 0 Å². The van der Waals surface area contributed by atoms with Gasteiger partial charge in [-0.3, -0.25) is 0 Å². The van der Waals surface area contributed by atoms with Crippen molar-refractivity contribution in [3.8, 4) is 5.75 Å². The van der Waals surface area contributed by atoms with Crippen LogP contribution in [-0.2, 0) is 11.3 Å². The third-order valence-corrected chi connectivity index (χ3v) is 5.19. The molecular weight excluding hydrogens is 376 g/mol. The Hall–Kier alpha value is -2.40. The largest absolute Gasteiger partial charge is 0.507 e. The lowest BCUT2D eigenvalue weighted by atomic mass is 9.90. The highest BCUT2D eigenvalue weighted by Gasteiger charge is 2.24. The Balaban J connectivity index is 1.89. The first kappa shape index (κ1) is 23.9. The van der Waals surface area contributed by atoms with Gasteiger partial charge in [0.05, 0.1) is 25.4 Å². The molecule has 0 fully saturated rings. The lowest BCUT2D eigenvalue weighted by Crippen LogP contribution is -2.33. The second kappa shape index (κ2) is 13.0. The summed E-state index contributed by atoms with van der Waals surface area (Å²) in [4.78, 5) is 0. The first-order chi connectivity index (χ1) is 14.5. The Morgan fingerprint density at radius 1 is 1.00 bits per heavy atom. The van der Waals surface area contributed by atoms with Gasteiger partial charge in [0.25, 0.3) is 0 Å². The van der Waals surface area contributed by atoms with E-state index in [0.717, 1.165) is 29.5 Å². The fourth-order valence-corrected chi connectivity index (χ4v) is 3.50. The summed E-state index contributed by atoms with van der Waals surface area (Å²) in [5.41, 5.74) is 2.99. The molecule has 0 bridgehead atoms. The number of para-hydroxylation sites is 1. The SMILES string of the molecule is C=C[C@H]([C@H](O)CC/C(=C/c1ccccc1O)CCC)[C@H](O)COCc1ccccc1. The van der Waals surface area contributed by atoms with Gasteiger partial charge in [0.15, 0.2) is 0 Å². The molecule has 0 radical (unpaired) electrons. The number of aromatic hydroxyl groups is 1. The number of phenolic OH excluding ortho intramolecular Hbond substituents is 1. The molecule has 0 amide bonds.